The standard InChI is InChI=1S/C26H26N2OS/c29-20-23-15-13-22(14-16-23)18-25-19-28(17-7-10-21-8-3-1-4-9-21)26(30-25)27-24-11-5-2-6-12-24/h1-6,8-9,11-16,18,29H,7,10,17,19-20H2/b25-18-,27-26-. The van der Waals surface area contributed by atoms with Crippen LogP contribution >= 0.6 is 11.8 Å². The topological polar surface area (TPSA) is 35.8 Å². The summed E-state index contributed by atoms with van der Waals surface area (Å²) in [7, 11) is 0. The molecule has 1 fully saturated rings. The lowest BCUT2D eigenvalue weighted by molar-refractivity contribution is 0.282. The first-order valence-corrected chi connectivity index (χ1v) is 11.1. The van der Waals surface area contributed by atoms with Gasteiger partial charge in [-0.1, -0.05) is 84.6 Å². The molecule has 0 spiro atoms. The molecule has 0 saturated carbocycles. The third kappa shape index (κ3) is 5.62. The normalized spacial score (nSPS) is 16.5. The Morgan fingerprint density at radius 2 is 1.57 bits per heavy atom. The zero-order chi connectivity index (χ0) is 20.6. The van der Waals surface area contributed by atoms with E-state index >= 15 is 0 Å². The second kappa shape index (κ2) is 10.3. The minimum Gasteiger partial charge on any atom is -0.392 e. The molecule has 152 valence electrons. The highest BCUT2D eigenvalue weighted by molar-refractivity contribution is 8.17. The maximum Gasteiger partial charge on any atom is 0.169 e. The van der Waals surface area contributed by atoms with Crippen LogP contribution in [0.1, 0.15) is 23.1 Å². The maximum atomic E-state index is 9.25. The summed E-state index contributed by atoms with van der Waals surface area (Å²) in [6.07, 6.45) is 4.39. The number of aliphatic hydroxyl groups excluding tert-OH is 1. The van der Waals surface area contributed by atoms with E-state index in [2.05, 4.69) is 53.4 Å². The molecule has 3 aromatic carbocycles. The van der Waals surface area contributed by atoms with E-state index in [0.29, 0.717) is 0 Å². The van der Waals surface area contributed by atoms with Gasteiger partial charge in [0.1, 0.15) is 0 Å². The van der Waals surface area contributed by atoms with Gasteiger partial charge in [-0.15, -0.1) is 0 Å². The lowest BCUT2D eigenvalue weighted by Gasteiger charge is -2.17. The van der Waals surface area contributed by atoms with Gasteiger partial charge in [0.2, 0.25) is 0 Å². The molecule has 0 aliphatic carbocycles. The monoisotopic (exact) mass is 414 g/mol. The van der Waals surface area contributed by atoms with Crippen molar-refractivity contribution in [3.8, 4) is 0 Å². The van der Waals surface area contributed by atoms with Gasteiger partial charge in [-0.25, -0.2) is 4.99 Å². The number of aliphatic imine (C=N–C) groups is 1. The molecule has 3 aromatic rings. The van der Waals surface area contributed by atoms with Gasteiger partial charge in [0.15, 0.2) is 5.17 Å². The Balaban J connectivity index is 1.49. The Kier molecular flexibility index (Phi) is 7.01. The third-order valence-corrected chi connectivity index (χ3v) is 6.09. The summed E-state index contributed by atoms with van der Waals surface area (Å²) < 4.78 is 0. The van der Waals surface area contributed by atoms with Gasteiger partial charge in [-0.05, 0) is 47.7 Å². The minimum absolute atomic E-state index is 0.0781. The number of thioether (sulfide) groups is 1. The lowest BCUT2D eigenvalue weighted by Crippen LogP contribution is -2.25. The van der Waals surface area contributed by atoms with Crippen LogP contribution in [0.15, 0.2) is 94.8 Å². The highest BCUT2D eigenvalue weighted by atomic mass is 32.2. The van der Waals surface area contributed by atoms with Crippen LogP contribution in [0.25, 0.3) is 6.08 Å². The molecular weight excluding hydrogens is 388 g/mol. The molecule has 4 rings (SSSR count). The smallest absolute Gasteiger partial charge is 0.169 e. The Morgan fingerprint density at radius 3 is 2.27 bits per heavy atom. The summed E-state index contributed by atoms with van der Waals surface area (Å²) in [5.74, 6) is 0. The fraction of sp³-hybridized carbons (Fsp3) is 0.192. The first-order chi connectivity index (χ1) is 14.8. The zero-order valence-electron chi connectivity index (χ0n) is 16.9. The highest BCUT2D eigenvalue weighted by Crippen LogP contribution is 2.33. The van der Waals surface area contributed by atoms with Crippen LogP contribution in [0.4, 0.5) is 5.69 Å². The van der Waals surface area contributed by atoms with Gasteiger partial charge in [0.05, 0.1) is 18.8 Å². The van der Waals surface area contributed by atoms with E-state index in [1.165, 1.54) is 10.5 Å². The van der Waals surface area contributed by atoms with E-state index in [1.54, 1.807) is 11.8 Å². The third-order valence-electron chi connectivity index (χ3n) is 5.05. The van der Waals surface area contributed by atoms with Crippen LogP contribution in [0.2, 0.25) is 0 Å². The van der Waals surface area contributed by atoms with E-state index in [0.717, 1.165) is 47.9 Å². The molecule has 0 amide bonds. The molecule has 0 bridgehead atoms. The molecule has 0 atom stereocenters. The van der Waals surface area contributed by atoms with Crippen molar-refractivity contribution in [3.63, 3.8) is 0 Å². The molecular formula is C26H26N2OS. The van der Waals surface area contributed by atoms with Gasteiger partial charge in [0, 0.05) is 11.4 Å². The number of rotatable bonds is 7. The van der Waals surface area contributed by atoms with Gasteiger partial charge in [-0.2, -0.15) is 0 Å². The first-order valence-electron chi connectivity index (χ1n) is 10.3. The number of nitrogens with zero attached hydrogens (tertiary/aromatic N) is 2. The van der Waals surface area contributed by atoms with E-state index in [1.807, 2.05) is 42.5 Å². The summed E-state index contributed by atoms with van der Waals surface area (Å²) in [5.41, 5.74) is 4.46. The van der Waals surface area contributed by atoms with Crippen molar-refractivity contribution in [3.05, 3.63) is 107 Å². The average molecular weight is 415 g/mol. The van der Waals surface area contributed by atoms with E-state index in [-0.39, 0.29) is 6.61 Å². The largest absolute Gasteiger partial charge is 0.392 e. The maximum absolute atomic E-state index is 9.25. The van der Waals surface area contributed by atoms with E-state index in [4.69, 9.17) is 4.99 Å². The van der Waals surface area contributed by atoms with Crippen molar-refractivity contribution in [1.29, 1.82) is 0 Å². The van der Waals surface area contributed by atoms with Gasteiger partial charge >= 0.3 is 0 Å². The Bertz CT molecular complexity index is 998. The van der Waals surface area contributed by atoms with Crippen LogP contribution in [-0.4, -0.2) is 28.3 Å². The SMILES string of the molecule is OCc1ccc(/C=C2/CN(CCCc3ccccc3)/C(=N/c3ccccc3)S2)cc1. The molecule has 0 unspecified atom stereocenters. The Morgan fingerprint density at radius 1 is 0.867 bits per heavy atom. The van der Waals surface area contributed by atoms with Gasteiger partial charge in [0.25, 0.3) is 0 Å². The quantitative estimate of drug-likeness (QED) is 0.524. The molecule has 1 heterocycles. The van der Waals surface area contributed by atoms with Crippen molar-refractivity contribution < 1.29 is 5.11 Å². The molecule has 3 nitrogen and oxygen atoms in total. The second-order valence-electron chi connectivity index (χ2n) is 7.35. The number of hydrogen-bond donors (Lipinski definition) is 1. The minimum atomic E-state index is 0.0781. The summed E-state index contributed by atoms with van der Waals surface area (Å²) in [6.45, 7) is 1.94. The second-order valence-corrected chi connectivity index (χ2v) is 8.45. The van der Waals surface area contributed by atoms with E-state index in [9.17, 15) is 5.11 Å². The zero-order valence-corrected chi connectivity index (χ0v) is 17.8. The number of hydrogen-bond acceptors (Lipinski definition) is 3. The first kappa shape index (κ1) is 20.5. The molecule has 0 aromatic heterocycles. The van der Waals surface area contributed by atoms with Crippen LogP contribution in [0.3, 0.4) is 0 Å². The average Bonchev–Trinajstić information content (AvgIpc) is 3.16. The molecule has 4 heteroatoms. The van der Waals surface area contributed by atoms with Gasteiger partial charge in [-0.3, -0.25) is 0 Å². The summed E-state index contributed by atoms with van der Waals surface area (Å²) in [5, 5.41) is 10.3. The Hall–Kier alpha value is -2.82. The van der Waals surface area contributed by atoms with Crippen molar-refractivity contribution in [2.45, 2.75) is 19.4 Å². The number of aryl methyl sites for hydroxylation is 1. The van der Waals surface area contributed by atoms with Crippen LogP contribution in [-0.2, 0) is 13.0 Å². The highest BCUT2D eigenvalue weighted by Gasteiger charge is 2.23. The summed E-state index contributed by atoms with van der Waals surface area (Å²) >= 11 is 1.75. The van der Waals surface area contributed by atoms with Crippen molar-refractivity contribution in [2.75, 3.05) is 13.1 Å². The number of amidine groups is 1. The molecule has 0 radical (unpaired) electrons. The fourth-order valence-electron chi connectivity index (χ4n) is 3.45. The number of para-hydroxylation sites is 1. The predicted molar refractivity (Wildman–Crippen MR) is 128 cm³/mol. The number of benzene rings is 3. The van der Waals surface area contributed by atoms with Crippen LogP contribution in [0, 0.1) is 0 Å². The fourth-order valence-corrected chi connectivity index (χ4v) is 4.54. The predicted octanol–water partition coefficient (Wildman–Crippen LogP) is 5.89. The van der Waals surface area contributed by atoms with Crippen molar-refractivity contribution in [1.82, 2.24) is 4.90 Å². The molecule has 1 aliphatic heterocycles. The molecule has 1 aliphatic rings. The van der Waals surface area contributed by atoms with Crippen LogP contribution in [0.5, 0.6) is 0 Å². The molecule has 1 N–H and O–H groups in total. The Labute approximate surface area is 182 Å². The van der Waals surface area contributed by atoms with Crippen molar-refractivity contribution >= 4 is 28.7 Å². The van der Waals surface area contributed by atoms with Crippen molar-refractivity contribution in [2.24, 2.45) is 4.99 Å². The van der Waals surface area contributed by atoms with Crippen LogP contribution < -0.4 is 0 Å². The lowest BCUT2D eigenvalue weighted by atomic mass is 10.1. The number of aliphatic hydroxyl groups is 1. The van der Waals surface area contributed by atoms with E-state index < -0.39 is 0 Å². The van der Waals surface area contributed by atoms with Gasteiger partial charge < -0.3 is 10.0 Å². The molecule has 1 saturated heterocycles. The summed E-state index contributed by atoms with van der Waals surface area (Å²) in [4.78, 5) is 8.59. The summed E-state index contributed by atoms with van der Waals surface area (Å²) in [6, 6.07) is 28.9. The molecule has 30 heavy (non-hydrogen) atoms.